The number of anilines is 2. The van der Waals surface area contributed by atoms with Crippen molar-refractivity contribution in [2.75, 3.05) is 23.3 Å². The minimum absolute atomic E-state index is 0.00669. The fourth-order valence-corrected chi connectivity index (χ4v) is 1.68. The minimum atomic E-state index is 0.00669. The zero-order valence-electron chi connectivity index (χ0n) is 10.9. The van der Waals surface area contributed by atoms with Crippen molar-refractivity contribution in [3.8, 4) is 6.07 Å². The van der Waals surface area contributed by atoms with E-state index < -0.39 is 0 Å². The molecule has 96 valence electrons. The number of carbonyl (C=O) groups excluding carboxylic acids is 1. The lowest BCUT2D eigenvalue weighted by Crippen LogP contribution is -2.23. The molecule has 0 fully saturated rings. The van der Waals surface area contributed by atoms with E-state index in [-0.39, 0.29) is 5.91 Å². The van der Waals surface area contributed by atoms with Crippen LogP contribution in [0.25, 0.3) is 0 Å². The molecule has 0 saturated carbocycles. The zero-order valence-corrected chi connectivity index (χ0v) is 10.9. The number of amides is 1. The van der Waals surface area contributed by atoms with Gasteiger partial charge >= 0.3 is 0 Å². The van der Waals surface area contributed by atoms with Crippen molar-refractivity contribution in [2.24, 2.45) is 0 Å². The van der Waals surface area contributed by atoms with Gasteiger partial charge in [0.25, 0.3) is 0 Å². The van der Waals surface area contributed by atoms with Crippen LogP contribution >= 0.6 is 0 Å². The summed E-state index contributed by atoms with van der Waals surface area (Å²) in [5.74, 6) is 0.00669. The van der Waals surface area contributed by atoms with Crippen molar-refractivity contribution in [2.45, 2.75) is 26.7 Å². The zero-order chi connectivity index (χ0) is 13.4. The van der Waals surface area contributed by atoms with E-state index in [1.807, 2.05) is 31.2 Å². The predicted molar refractivity (Wildman–Crippen MR) is 73.5 cm³/mol. The average molecular weight is 245 g/mol. The number of rotatable bonds is 6. The first-order valence-electron chi connectivity index (χ1n) is 6.23. The lowest BCUT2D eigenvalue weighted by atomic mass is 10.2. The van der Waals surface area contributed by atoms with Crippen molar-refractivity contribution in [3.05, 3.63) is 24.3 Å². The van der Waals surface area contributed by atoms with E-state index >= 15 is 0 Å². The first kappa shape index (κ1) is 14.0. The van der Waals surface area contributed by atoms with Crippen LogP contribution in [0.15, 0.2) is 24.3 Å². The van der Waals surface area contributed by atoms with Gasteiger partial charge in [0.05, 0.1) is 12.5 Å². The number of nitrogens with one attached hydrogen (secondary N) is 1. The maximum absolute atomic E-state index is 11.3. The molecule has 4 heteroatoms. The number of carbonyl (C=O) groups is 1. The van der Waals surface area contributed by atoms with Crippen LogP contribution in [-0.4, -0.2) is 19.0 Å². The van der Waals surface area contributed by atoms with Gasteiger partial charge in [-0.2, -0.15) is 5.26 Å². The van der Waals surface area contributed by atoms with Gasteiger partial charge in [0.1, 0.15) is 0 Å². The number of nitrogens with zero attached hydrogens (tertiary/aromatic N) is 2. The van der Waals surface area contributed by atoms with Gasteiger partial charge in [-0.05, 0) is 25.1 Å². The molecule has 1 amide bonds. The highest BCUT2D eigenvalue weighted by molar-refractivity contribution is 5.90. The first-order chi connectivity index (χ1) is 8.71. The van der Waals surface area contributed by atoms with Crippen molar-refractivity contribution in [3.63, 3.8) is 0 Å². The van der Waals surface area contributed by atoms with Crippen LogP contribution < -0.4 is 10.2 Å². The normalized spacial score (nSPS) is 9.61. The Morgan fingerprint density at radius 1 is 1.44 bits per heavy atom. The molecule has 1 aromatic rings. The molecule has 0 heterocycles. The summed E-state index contributed by atoms with van der Waals surface area (Å²) >= 11 is 0. The maximum Gasteiger partial charge on any atom is 0.224 e. The summed E-state index contributed by atoms with van der Waals surface area (Å²) < 4.78 is 0. The fourth-order valence-electron chi connectivity index (χ4n) is 1.68. The molecule has 0 aromatic heterocycles. The van der Waals surface area contributed by atoms with E-state index in [0.29, 0.717) is 19.4 Å². The standard InChI is InChI=1S/C14H19N3O/c1-3-14(18)16-12-7-5-8-13(11-12)17(4-2)10-6-9-15/h5,7-8,11H,3-4,6,10H2,1-2H3,(H,16,18). The monoisotopic (exact) mass is 245 g/mol. The van der Waals surface area contributed by atoms with E-state index in [0.717, 1.165) is 17.9 Å². The molecule has 18 heavy (non-hydrogen) atoms. The number of hydrogen-bond donors (Lipinski definition) is 1. The molecule has 0 spiro atoms. The highest BCUT2D eigenvalue weighted by Crippen LogP contribution is 2.19. The molecule has 4 nitrogen and oxygen atoms in total. The SMILES string of the molecule is CCC(=O)Nc1cccc(N(CC)CCC#N)c1. The Bertz CT molecular complexity index is 437. The van der Waals surface area contributed by atoms with Crippen LogP contribution in [0.3, 0.4) is 0 Å². The van der Waals surface area contributed by atoms with E-state index in [2.05, 4.69) is 23.2 Å². The molecule has 0 radical (unpaired) electrons. The molecule has 0 saturated heterocycles. The Kier molecular flexibility index (Phi) is 5.72. The van der Waals surface area contributed by atoms with Gasteiger partial charge in [0.2, 0.25) is 5.91 Å². The molecule has 0 aliphatic carbocycles. The van der Waals surface area contributed by atoms with Crippen LogP contribution in [0.2, 0.25) is 0 Å². The van der Waals surface area contributed by atoms with Crippen molar-refractivity contribution < 1.29 is 4.79 Å². The Balaban J connectivity index is 2.79. The van der Waals surface area contributed by atoms with Gasteiger partial charge < -0.3 is 10.2 Å². The second-order valence-electron chi connectivity index (χ2n) is 3.94. The molecule has 0 bridgehead atoms. The average Bonchev–Trinajstić information content (AvgIpc) is 2.40. The number of nitriles is 1. The molecule has 0 atom stereocenters. The van der Waals surface area contributed by atoms with Crippen molar-refractivity contribution in [1.82, 2.24) is 0 Å². The lowest BCUT2D eigenvalue weighted by molar-refractivity contribution is -0.115. The summed E-state index contributed by atoms with van der Waals surface area (Å²) in [6, 6.07) is 9.86. The van der Waals surface area contributed by atoms with Gasteiger partial charge in [-0.15, -0.1) is 0 Å². The van der Waals surface area contributed by atoms with Gasteiger partial charge in [-0.1, -0.05) is 13.0 Å². The fraction of sp³-hybridized carbons (Fsp3) is 0.429. The second kappa shape index (κ2) is 7.33. The topological polar surface area (TPSA) is 56.1 Å². The number of benzene rings is 1. The van der Waals surface area contributed by atoms with Gasteiger partial charge in [-0.25, -0.2) is 0 Å². The molecule has 1 N–H and O–H groups in total. The molecule has 0 aliphatic heterocycles. The summed E-state index contributed by atoms with van der Waals surface area (Å²) in [5, 5.41) is 11.5. The summed E-state index contributed by atoms with van der Waals surface area (Å²) in [5.41, 5.74) is 1.83. The van der Waals surface area contributed by atoms with Crippen molar-refractivity contribution >= 4 is 17.3 Å². The molecule has 1 aromatic carbocycles. The summed E-state index contributed by atoms with van der Waals surface area (Å²) in [7, 11) is 0. The largest absolute Gasteiger partial charge is 0.371 e. The Morgan fingerprint density at radius 3 is 2.83 bits per heavy atom. The Labute approximate surface area is 108 Å². The van der Waals surface area contributed by atoms with E-state index in [9.17, 15) is 4.79 Å². The van der Waals surface area contributed by atoms with Gasteiger partial charge in [-0.3, -0.25) is 4.79 Å². The van der Waals surface area contributed by atoms with Gasteiger partial charge in [0, 0.05) is 30.9 Å². The third kappa shape index (κ3) is 4.10. The highest BCUT2D eigenvalue weighted by atomic mass is 16.1. The van der Waals surface area contributed by atoms with Crippen LogP contribution in [-0.2, 0) is 4.79 Å². The second-order valence-corrected chi connectivity index (χ2v) is 3.94. The lowest BCUT2D eigenvalue weighted by Gasteiger charge is -2.22. The minimum Gasteiger partial charge on any atom is -0.371 e. The molecule has 1 rings (SSSR count). The third-order valence-electron chi connectivity index (χ3n) is 2.69. The van der Waals surface area contributed by atoms with Gasteiger partial charge in [0.15, 0.2) is 0 Å². The smallest absolute Gasteiger partial charge is 0.224 e. The van der Waals surface area contributed by atoms with Crippen LogP contribution in [0.1, 0.15) is 26.7 Å². The van der Waals surface area contributed by atoms with E-state index in [1.165, 1.54) is 0 Å². The maximum atomic E-state index is 11.3. The van der Waals surface area contributed by atoms with E-state index in [4.69, 9.17) is 5.26 Å². The predicted octanol–water partition coefficient (Wildman–Crippen LogP) is 2.78. The summed E-state index contributed by atoms with van der Waals surface area (Å²) in [6.45, 7) is 5.42. The van der Waals surface area contributed by atoms with E-state index in [1.54, 1.807) is 0 Å². The summed E-state index contributed by atoms with van der Waals surface area (Å²) in [6.07, 6.45) is 0.968. The molecule has 0 unspecified atom stereocenters. The summed E-state index contributed by atoms with van der Waals surface area (Å²) in [4.78, 5) is 13.5. The van der Waals surface area contributed by atoms with Crippen LogP contribution in [0, 0.1) is 11.3 Å². The molecular formula is C14H19N3O. The highest BCUT2D eigenvalue weighted by Gasteiger charge is 2.05. The van der Waals surface area contributed by atoms with Crippen LogP contribution in [0.4, 0.5) is 11.4 Å². The Morgan fingerprint density at radius 2 is 2.22 bits per heavy atom. The quantitative estimate of drug-likeness (QED) is 0.838. The number of hydrogen-bond acceptors (Lipinski definition) is 3. The Hall–Kier alpha value is -2.02. The molecule has 0 aliphatic rings. The molecular weight excluding hydrogens is 226 g/mol. The first-order valence-corrected chi connectivity index (χ1v) is 6.23. The third-order valence-corrected chi connectivity index (χ3v) is 2.69. The van der Waals surface area contributed by atoms with Crippen molar-refractivity contribution in [1.29, 1.82) is 5.26 Å². The van der Waals surface area contributed by atoms with Crippen LogP contribution in [0.5, 0.6) is 0 Å².